The van der Waals surface area contributed by atoms with Gasteiger partial charge in [-0.05, 0) is 32.2 Å². The van der Waals surface area contributed by atoms with Gasteiger partial charge in [-0.3, -0.25) is 0 Å². The Morgan fingerprint density at radius 2 is 1.85 bits per heavy atom. The van der Waals surface area contributed by atoms with Crippen LogP contribution in [0.4, 0.5) is 0 Å². The van der Waals surface area contributed by atoms with Crippen molar-refractivity contribution >= 4 is 0 Å². The first kappa shape index (κ1) is 12.9. The summed E-state index contributed by atoms with van der Waals surface area (Å²) in [6.07, 6.45) is 7.04. The molecule has 0 radical (unpaired) electrons. The van der Waals surface area contributed by atoms with Crippen LogP contribution in [0.25, 0.3) is 0 Å². The predicted molar refractivity (Wildman–Crippen MR) is 57.9 cm³/mol. The van der Waals surface area contributed by atoms with Crippen LogP contribution < -0.4 is 5.32 Å². The lowest BCUT2D eigenvalue weighted by Crippen LogP contribution is -2.30. The van der Waals surface area contributed by atoms with Crippen LogP contribution in [-0.4, -0.2) is 24.3 Å². The van der Waals surface area contributed by atoms with Crippen molar-refractivity contribution in [1.82, 2.24) is 5.32 Å². The normalized spacial score (nSPS) is 13.2. The van der Waals surface area contributed by atoms with Gasteiger partial charge in [-0.1, -0.05) is 26.7 Å². The third-order valence-electron chi connectivity index (χ3n) is 2.31. The van der Waals surface area contributed by atoms with Gasteiger partial charge >= 0.3 is 0 Å². The minimum absolute atomic E-state index is 0.329. The van der Waals surface area contributed by atoms with E-state index >= 15 is 0 Å². The zero-order valence-electron chi connectivity index (χ0n) is 9.18. The maximum Gasteiger partial charge on any atom is 0.0431 e. The molecule has 0 fully saturated rings. The molecule has 0 saturated carbocycles. The van der Waals surface area contributed by atoms with Crippen LogP contribution >= 0.6 is 0 Å². The van der Waals surface area contributed by atoms with Gasteiger partial charge in [-0.2, -0.15) is 0 Å². The Hall–Kier alpha value is -0.0800. The van der Waals surface area contributed by atoms with Crippen LogP contribution in [0.1, 0.15) is 52.4 Å². The molecule has 0 aromatic rings. The molecule has 0 rings (SSSR count). The fourth-order valence-corrected chi connectivity index (χ4v) is 1.52. The smallest absolute Gasteiger partial charge is 0.0431 e. The van der Waals surface area contributed by atoms with Crippen molar-refractivity contribution < 1.29 is 5.11 Å². The van der Waals surface area contributed by atoms with Crippen molar-refractivity contribution in [3.8, 4) is 0 Å². The Balaban J connectivity index is 3.41. The van der Waals surface area contributed by atoms with Crippen LogP contribution in [-0.2, 0) is 0 Å². The van der Waals surface area contributed by atoms with Crippen molar-refractivity contribution in [2.45, 2.75) is 58.4 Å². The van der Waals surface area contributed by atoms with Gasteiger partial charge in [0.15, 0.2) is 0 Å². The molecular weight excluding hydrogens is 162 g/mol. The summed E-state index contributed by atoms with van der Waals surface area (Å²) in [7, 11) is 0. The van der Waals surface area contributed by atoms with Gasteiger partial charge in [-0.15, -0.1) is 0 Å². The van der Waals surface area contributed by atoms with Crippen molar-refractivity contribution in [2.24, 2.45) is 0 Å². The molecule has 0 aromatic carbocycles. The Morgan fingerprint density at radius 1 is 1.08 bits per heavy atom. The van der Waals surface area contributed by atoms with Crippen molar-refractivity contribution in [3.05, 3.63) is 0 Å². The van der Waals surface area contributed by atoms with Crippen LogP contribution in [0.3, 0.4) is 0 Å². The van der Waals surface area contributed by atoms with Gasteiger partial charge in [0.1, 0.15) is 0 Å². The number of aliphatic hydroxyl groups excluding tert-OH is 1. The topological polar surface area (TPSA) is 32.3 Å². The first-order valence-corrected chi connectivity index (χ1v) is 5.69. The van der Waals surface area contributed by atoms with Crippen LogP contribution in [0.2, 0.25) is 0 Å². The van der Waals surface area contributed by atoms with Gasteiger partial charge < -0.3 is 10.4 Å². The average molecular weight is 187 g/mol. The van der Waals surface area contributed by atoms with E-state index in [0.29, 0.717) is 12.6 Å². The van der Waals surface area contributed by atoms with E-state index in [-0.39, 0.29) is 0 Å². The van der Waals surface area contributed by atoms with E-state index in [1.165, 1.54) is 25.7 Å². The Morgan fingerprint density at radius 3 is 2.38 bits per heavy atom. The van der Waals surface area contributed by atoms with Gasteiger partial charge in [0, 0.05) is 12.6 Å². The van der Waals surface area contributed by atoms with E-state index in [2.05, 4.69) is 19.2 Å². The van der Waals surface area contributed by atoms with Crippen molar-refractivity contribution in [2.75, 3.05) is 13.2 Å². The zero-order chi connectivity index (χ0) is 9.94. The molecular formula is C11H25NO. The molecule has 0 aliphatic carbocycles. The lowest BCUT2D eigenvalue weighted by molar-refractivity contribution is 0.272. The maximum absolute atomic E-state index is 8.73. The molecule has 0 heterocycles. The summed E-state index contributed by atoms with van der Waals surface area (Å²) < 4.78 is 0. The average Bonchev–Trinajstić information content (AvgIpc) is 2.14. The molecule has 80 valence electrons. The second-order valence-corrected chi connectivity index (χ2v) is 3.66. The quantitative estimate of drug-likeness (QED) is 0.543. The molecule has 1 atom stereocenters. The lowest BCUT2D eigenvalue weighted by atomic mass is 10.1. The number of hydrogen-bond donors (Lipinski definition) is 2. The van der Waals surface area contributed by atoms with E-state index in [0.717, 1.165) is 19.4 Å². The van der Waals surface area contributed by atoms with Crippen LogP contribution in [0.15, 0.2) is 0 Å². The summed E-state index contributed by atoms with van der Waals surface area (Å²) in [5.74, 6) is 0. The number of hydrogen-bond acceptors (Lipinski definition) is 2. The first-order chi connectivity index (χ1) is 6.35. The Kier molecular flexibility index (Phi) is 9.94. The van der Waals surface area contributed by atoms with Gasteiger partial charge in [0.25, 0.3) is 0 Å². The van der Waals surface area contributed by atoms with Crippen LogP contribution in [0.5, 0.6) is 0 Å². The summed E-state index contributed by atoms with van der Waals surface area (Å²) in [5, 5.41) is 12.3. The van der Waals surface area contributed by atoms with E-state index in [9.17, 15) is 0 Å². The van der Waals surface area contributed by atoms with E-state index in [1.54, 1.807) is 0 Å². The van der Waals surface area contributed by atoms with E-state index in [1.807, 2.05) is 0 Å². The van der Waals surface area contributed by atoms with Gasteiger partial charge in [0.2, 0.25) is 0 Å². The number of unbranched alkanes of at least 4 members (excludes halogenated alkanes) is 1. The molecule has 0 saturated heterocycles. The van der Waals surface area contributed by atoms with Gasteiger partial charge in [0.05, 0.1) is 0 Å². The SMILES string of the molecule is CCCCNC(CCC)CCCO. The summed E-state index contributed by atoms with van der Waals surface area (Å²) in [4.78, 5) is 0. The zero-order valence-corrected chi connectivity index (χ0v) is 9.18. The summed E-state index contributed by atoms with van der Waals surface area (Å²) in [5.41, 5.74) is 0. The molecule has 0 amide bonds. The molecule has 0 aliphatic rings. The third kappa shape index (κ3) is 8.26. The molecule has 2 N–H and O–H groups in total. The molecule has 0 aliphatic heterocycles. The van der Waals surface area contributed by atoms with E-state index in [4.69, 9.17) is 5.11 Å². The highest BCUT2D eigenvalue weighted by molar-refractivity contribution is 4.65. The Bertz CT molecular complexity index is 96.1. The van der Waals surface area contributed by atoms with Crippen molar-refractivity contribution in [3.63, 3.8) is 0 Å². The molecule has 1 unspecified atom stereocenters. The standard InChI is InChI=1S/C11H25NO/c1-3-5-9-12-11(7-4-2)8-6-10-13/h11-13H,3-10H2,1-2H3. The van der Waals surface area contributed by atoms with Crippen molar-refractivity contribution in [1.29, 1.82) is 0 Å². The highest BCUT2D eigenvalue weighted by Crippen LogP contribution is 2.04. The summed E-state index contributed by atoms with van der Waals surface area (Å²) in [6, 6.07) is 0.628. The molecule has 2 heteroatoms. The summed E-state index contributed by atoms with van der Waals surface area (Å²) >= 11 is 0. The first-order valence-electron chi connectivity index (χ1n) is 5.69. The Labute approximate surface area is 82.7 Å². The number of rotatable bonds is 9. The maximum atomic E-state index is 8.73. The minimum Gasteiger partial charge on any atom is -0.396 e. The largest absolute Gasteiger partial charge is 0.396 e. The highest BCUT2D eigenvalue weighted by atomic mass is 16.2. The monoisotopic (exact) mass is 187 g/mol. The molecule has 0 bridgehead atoms. The lowest BCUT2D eigenvalue weighted by Gasteiger charge is -2.17. The molecule has 0 aromatic heterocycles. The summed E-state index contributed by atoms with van der Waals surface area (Å²) in [6.45, 7) is 5.89. The fraction of sp³-hybridized carbons (Fsp3) is 1.00. The third-order valence-corrected chi connectivity index (χ3v) is 2.31. The highest BCUT2D eigenvalue weighted by Gasteiger charge is 2.04. The van der Waals surface area contributed by atoms with Gasteiger partial charge in [-0.25, -0.2) is 0 Å². The predicted octanol–water partition coefficient (Wildman–Crippen LogP) is 2.32. The molecule has 2 nitrogen and oxygen atoms in total. The second kappa shape index (κ2) is 10.0. The van der Waals surface area contributed by atoms with Crippen LogP contribution in [0, 0.1) is 0 Å². The molecule has 13 heavy (non-hydrogen) atoms. The number of aliphatic hydroxyl groups is 1. The van der Waals surface area contributed by atoms with E-state index < -0.39 is 0 Å². The molecule has 0 spiro atoms. The minimum atomic E-state index is 0.329. The fourth-order valence-electron chi connectivity index (χ4n) is 1.52. The number of nitrogens with one attached hydrogen (secondary N) is 1. The second-order valence-electron chi connectivity index (χ2n) is 3.66.